The number of nitrogens with zero attached hydrogens (tertiary/aromatic N) is 2. The second kappa shape index (κ2) is 13.6. The van der Waals surface area contributed by atoms with Crippen molar-refractivity contribution >= 4 is 81.6 Å². The number of anilines is 2. The number of rotatable bonds is 7. The smallest absolute Gasteiger partial charge is 0.744 e. The Morgan fingerprint density at radius 3 is 2.11 bits per heavy atom. The van der Waals surface area contributed by atoms with Crippen molar-refractivity contribution in [2.24, 2.45) is 16.0 Å². The molecule has 3 aromatic carbocycles. The van der Waals surface area contributed by atoms with Gasteiger partial charge in [0.2, 0.25) is 0 Å². The summed E-state index contributed by atoms with van der Waals surface area (Å²) in [6, 6.07) is 8.40. The van der Waals surface area contributed by atoms with Crippen LogP contribution in [0.25, 0.3) is 10.8 Å². The molecule has 3 rings (SSSR count). The van der Waals surface area contributed by atoms with Crippen LogP contribution in [0.3, 0.4) is 0 Å². The van der Waals surface area contributed by atoms with Gasteiger partial charge in [0.05, 0.1) is 25.6 Å². The first-order valence-corrected chi connectivity index (χ1v) is 13.0. The molecule has 0 saturated heterocycles. The van der Waals surface area contributed by atoms with Crippen LogP contribution in [0.4, 0.5) is 27.5 Å². The van der Waals surface area contributed by atoms with E-state index in [2.05, 4.69) is 43.4 Å². The average molecular weight is 642 g/mol. The molecule has 0 fully saturated rings. The second-order valence-electron chi connectivity index (χ2n) is 7.02. The summed E-state index contributed by atoms with van der Waals surface area (Å²) in [5.41, 5.74) is 5.65. The SMILES string of the molecule is C=C(Br)C(=O)Nc1ccc(N=Nc2ccc3cc(S(=O)(=O)[O-])cc(S(=O)(=O)[O-])c3c2)c(NC(N)=O)c1.[Na+].[Na+]. The van der Waals surface area contributed by atoms with E-state index >= 15 is 0 Å². The van der Waals surface area contributed by atoms with Crippen LogP contribution in [0.15, 0.2) is 79.6 Å². The average Bonchev–Trinajstić information content (AvgIpc) is 2.75. The predicted octanol–water partition coefficient (Wildman–Crippen LogP) is -2.59. The summed E-state index contributed by atoms with van der Waals surface area (Å²) < 4.78 is 69.3. The van der Waals surface area contributed by atoms with Gasteiger partial charge in [-0.3, -0.25) is 4.79 Å². The Morgan fingerprint density at radius 2 is 1.55 bits per heavy atom. The van der Waals surface area contributed by atoms with Crippen molar-refractivity contribution in [2.75, 3.05) is 10.6 Å². The fourth-order valence-electron chi connectivity index (χ4n) is 2.94. The van der Waals surface area contributed by atoms with Crippen LogP contribution in [-0.2, 0) is 25.0 Å². The van der Waals surface area contributed by atoms with Crippen molar-refractivity contribution in [3.8, 4) is 0 Å². The molecule has 0 atom stereocenters. The Kier molecular flexibility index (Phi) is 12.3. The van der Waals surface area contributed by atoms with Crippen LogP contribution in [0.5, 0.6) is 0 Å². The van der Waals surface area contributed by atoms with Gasteiger partial charge in [-0.1, -0.05) is 12.6 Å². The Bertz CT molecular complexity index is 1680. The van der Waals surface area contributed by atoms with Crippen LogP contribution < -0.4 is 75.5 Å². The number of hydrogen-bond acceptors (Lipinski definition) is 10. The standard InChI is InChI=1S/C20H16BrN5O8S2.2Na/c1-10(21)19(27)23-12-4-5-16(17(8-12)24-20(22)28)26-25-13-3-2-11-6-14(35(29,30)31)9-18(15(11)7-13)36(32,33)34;;/h2-9H,1H2,(H,23,27)(H3,22,24,28)(H,29,30,31)(H,32,33,34);;/q;2*+1/p-2. The van der Waals surface area contributed by atoms with E-state index in [4.69, 9.17) is 5.73 Å². The number of nitrogens with two attached hydrogens (primary N) is 1. The zero-order valence-electron chi connectivity index (χ0n) is 19.8. The third kappa shape index (κ3) is 8.92. The van der Waals surface area contributed by atoms with Crippen LogP contribution in [0.1, 0.15) is 0 Å². The molecule has 0 unspecified atom stereocenters. The van der Waals surface area contributed by atoms with Gasteiger partial charge >= 0.3 is 65.1 Å². The molecule has 0 aliphatic rings. The van der Waals surface area contributed by atoms with E-state index in [0.717, 1.165) is 12.1 Å². The normalized spacial score (nSPS) is 11.3. The Balaban J connectivity index is 0.00000361. The van der Waals surface area contributed by atoms with E-state index in [9.17, 15) is 35.5 Å². The summed E-state index contributed by atoms with van der Waals surface area (Å²) >= 11 is 2.94. The van der Waals surface area contributed by atoms with Gasteiger partial charge in [0, 0.05) is 11.1 Å². The first-order valence-electron chi connectivity index (χ1n) is 9.43. The number of urea groups is 1. The summed E-state index contributed by atoms with van der Waals surface area (Å²) in [7, 11) is -10.2. The minimum Gasteiger partial charge on any atom is -0.744 e. The van der Waals surface area contributed by atoms with E-state index < -0.39 is 42.0 Å². The van der Waals surface area contributed by atoms with Gasteiger partial charge in [-0.15, -0.1) is 5.11 Å². The molecule has 3 amide bonds. The molecule has 0 bridgehead atoms. The number of carbonyl (C=O) groups is 2. The quantitative estimate of drug-likeness (QED) is 0.107. The molecule has 0 aliphatic heterocycles. The molecule has 0 saturated carbocycles. The maximum Gasteiger partial charge on any atom is 1.00 e. The molecule has 188 valence electrons. The number of fused-ring (bicyclic) bond motifs is 1. The zero-order valence-corrected chi connectivity index (χ0v) is 27.0. The molecule has 38 heavy (non-hydrogen) atoms. The van der Waals surface area contributed by atoms with E-state index in [1.54, 1.807) is 0 Å². The first-order chi connectivity index (χ1) is 16.6. The van der Waals surface area contributed by atoms with E-state index in [0.29, 0.717) is 6.07 Å². The first kappa shape index (κ1) is 34.3. The van der Waals surface area contributed by atoms with Gasteiger partial charge in [-0.2, -0.15) is 5.11 Å². The molecule has 0 aliphatic carbocycles. The zero-order chi connectivity index (χ0) is 26.8. The molecule has 4 N–H and O–H groups in total. The van der Waals surface area contributed by atoms with Crippen LogP contribution in [0, 0.1) is 0 Å². The number of primary amides is 1. The number of azo groups is 1. The van der Waals surface area contributed by atoms with Gasteiger partial charge in [-0.25, -0.2) is 21.6 Å². The van der Waals surface area contributed by atoms with Gasteiger partial charge < -0.3 is 25.5 Å². The molecule has 0 heterocycles. The van der Waals surface area contributed by atoms with Crippen molar-refractivity contribution < 1.29 is 94.6 Å². The number of nitrogens with one attached hydrogen (secondary N) is 2. The topological polar surface area (TPSA) is 223 Å². The summed E-state index contributed by atoms with van der Waals surface area (Å²) in [6.07, 6.45) is 0. The second-order valence-corrected chi connectivity index (χ2v) is 10.7. The Labute approximate surface area is 269 Å². The van der Waals surface area contributed by atoms with Gasteiger partial charge in [-0.05, 0) is 63.8 Å². The number of amides is 3. The summed E-state index contributed by atoms with van der Waals surface area (Å²) in [4.78, 5) is 21.4. The Hall–Kier alpha value is -1.70. The van der Waals surface area contributed by atoms with Crippen molar-refractivity contribution in [1.29, 1.82) is 0 Å². The van der Waals surface area contributed by atoms with Crippen molar-refractivity contribution in [3.05, 3.63) is 59.6 Å². The number of halogens is 1. The monoisotopic (exact) mass is 641 g/mol. The van der Waals surface area contributed by atoms with E-state index in [-0.39, 0.29) is 97.1 Å². The fraction of sp³-hybridized carbons (Fsp3) is 0. The fourth-order valence-corrected chi connectivity index (χ4v) is 4.37. The van der Waals surface area contributed by atoms with Gasteiger partial charge in [0.1, 0.15) is 25.9 Å². The minimum atomic E-state index is -5.17. The molecule has 13 nitrogen and oxygen atoms in total. The number of benzene rings is 3. The van der Waals surface area contributed by atoms with Crippen molar-refractivity contribution in [3.63, 3.8) is 0 Å². The summed E-state index contributed by atoms with van der Waals surface area (Å²) in [6.45, 7) is 3.44. The predicted molar refractivity (Wildman–Crippen MR) is 130 cm³/mol. The maximum absolute atomic E-state index is 11.8. The number of hydrogen-bond donors (Lipinski definition) is 3. The van der Waals surface area contributed by atoms with Gasteiger partial charge in [0.15, 0.2) is 0 Å². The molecule has 0 radical (unpaired) electrons. The molecule has 0 aromatic heterocycles. The molecular weight excluding hydrogens is 628 g/mol. The van der Waals surface area contributed by atoms with Crippen LogP contribution in [-0.4, -0.2) is 37.9 Å². The van der Waals surface area contributed by atoms with Crippen LogP contribution >= 0.6 is 15.9 Å². The molecule has 0 spiro atoms. The molecule has 18 heteroatoms. The van der Waals surface area contributed by atoms with E-state index in [1.165, 1.54) is 30.3 Å². The number of carbonyl (C=O) groups excluding carboxylic acids is 2. The molecular formula is C20H14BrN5Na2O8S2. The largest absolute Gasteiger partial charge is 1.00 e. The minimum absolute atomic E-state index is 0. The van der Waals surface area contributed by atoms with Crippen molar-refractivity contribution in [1.82, 2.24) is 0 Å². The van der Waals surface area contributed by atoms with Gasteiger partial charge in [0.25, 0.3) is 5.91 Å². The van der Waals surface area contributed by atoms with Crippen LogP contribution in [0.2, 0.25) is 0 Å². The Morgan fingerprint density at radius 1 is 0.895 bits per heavy atom. The van der Waals surface area contributed by atoms with E-state index in [1.807, 2.05) is 0 Å². The van der Waals surface area contributed by atoms with Crippen molar-refractivity contribution in [2.45, 2.75) is 9.79 Å². The summed E-state index contributed by atoms with van der Waals surface area (Å²) in [5.74, 6) is -0.539. The summed E-state index contributed by atoms with van der Waals surface area (Å²) in [5, 5.41) is 12.6. The third-order valence-corrected chi connectivity index (χ3v) is 6.51. The third-order valence-electron chi connectivity index (χ3n) is 4.46. The maximum atomic E-state index is 11.8. The molecule has 3 aromatic rings.